The molecule has 2 aliphatic heterocycles. The van der Waals surface area contributed by atoms with Crippen molar-refractivity contribution in [1.29, 1.82) is 0 Å². The van der Waals surface area contributed by atoms with Crippen LogP contribution in [0.25, 0.3) is 0 Å². The summed E-state index contributed by atoms with van der Waals surface area (Å²) in [7, 11) is 0. The van der Waals surface area contributed by atoms with Gasteiger partial charge in [-0.25, -0.2) is 0 Å². The van der Waals surface area contributed by atoms with Crippen molar-refractivity contribution < 1.29 is 23.9 Å². The summed E-state index contributed by atoms with van der Waals surface area (Å²) in [6.07, 6.45) is 5.23. The summed E-state index contributed by atoms with van der Waals surface area (Å²) in [5, 5.41) is 2.92. The van der Waals surface area contributed by atoms with Crippen LogP contribution in [-0.2, 0) is 14.4 Å². The minimum absolute atomic E-state index is 0.0965. The Bertz CT molecular complexity index is 808. The van der Waals surface area contributed by atoms with E-state index in [-0.39, 0.29) is 48.6 Å². The van der Waals surface area contributed by atoms with E-state index >= 15 is 0 Å². The number of hydrogen-bond donors (Lipinski definition) is 1. The summed E-state index contributed by atoms with van der Waals surface area (Å²) in [5.74, 6) is 0.384. The highest BCUT2D eigenvalue weighted by Gasteiger charge is 2.46. The Kier molecular flexibility index (Phi) is 5.07. The molecule has 1 saturated heterocycles. The number of ether oxygens (including phenoxy) is 2. The fourth-order valence-electron chi connectivity index (χ4n) is 4.03. The van der Waals surface area contributed by atoms with Crippen molar-refractivity contribution in [2.75, 3.05) is 19.8 Å². The fourth-order valence-corrected chi connectivity index (χ4v) is 4.03. The van der Waals surface area contributed by atoms with Crippen LogP contribution < -0.4 is 14.8 Å². The van der Waals surface area contributed by atoms with Gasteiger partial charge in [-0.1, -0.05) is 18.2 Å². The average molecular weight is 384 g/mol. The Balaban J connectivity index is 1.32. The molecule has 3 aliphatic rings. The van der Waals surface area contributed by atoms with Crippen LogP contribution in [0.15, 0.2) is 30.4 Å². The first-order valence-corrected chi connectivity index (χ1v) is 9.73. The van der Waals surface area contributed by atoms with Crippen LogP contribution >= 0.6 is 0 Å². The van der Waals surface area contributed by atoms with E-state index in [4.69, 9.17) is 9.47 Å². The second kappa shape index (κ2) is 7.66. The van der Waals surface area contributed by atoms with Crippen LogP contribution in [0.4, 0.5) is 0 Å². The first-order chi connectivity index (χ1) is 13.5. The Morgan fingerprint density at radius 3 is 2.43 bits per heavy atom. The lowest BCUT2D eigenvalue weighted by Gasteiger charge is -2.21. The van der Waals surface area contributed by atoms with Gasteiger partial charge in [-0.15, -0.1) is 0 Å². The lowest BCUT2D eigenvalue weighted by Crippen LogP contribution is -2.36. The van der Waals surface area contributed by atoms with E-state index in [2.05, 4.69) is 5.32 Å². The number of nitrogens with one attached hydrogen (secondary N) is 1. The van der Waals surface area contributed by atoms with E-state index in [0.717, 1.165) is 5.56 Å². The number of amides is 3. The summed E-state index contributed by atoms with van der Waals surface area (Å²) in [6, 6.07) is 5.37. The molecule has 1 aliphatic carbocycles. The predicted molar refractivity (Wildman–Crippen MR) is 101 cm³/mol. The predicted octanol–water partition coefficient (Wildman–Crippen LogP) is 1.98. The lowest BCUT2D eigenvalue weighted by molar-refractivity contribution is -0.140. The molecule has 0 spiro atoms. The number of fused-ring (bicyclic) bond motifs is 2. The second-order valence-corrected chi connectivity index (χ2v) is 7.43. The first-order valence-electron chi connectivity index (χ1n) is 9.73. The Labute approximate surface area is 163 Å². The van der Waals surface area contributed by atoms with Gasteiger partial charge in [0, 0.05) is 13.0 Å². The quantitative estimate of drug-likeness (QED) is 0.620. The van der Waals surface area contributed by atoms with E-state index in [1.807, 2.05) is 37.3 Å². The molecule has 3 atom stereocenters. The zero-order valence-electron chi connectivity index (χ0n) is 15.8. The summed E-state index contributed by atoms with van der Waals surface area (Å²) in [6.45, 7) is 3.05. The van der Waals surface area contributed by atoms with Crippen molar-refractivity contribution in [1.82, 2.24) is 10.2 Å². The van der Waals surface area contributed by atoms with Crippen molar-refractivity contribution >= 4 is 17.7 Å². The van der Waals surface area contributed by atoms with Gasteiger partial charge >= 0.3 is 0 Å². The molecule has 3 amide bonds. The largest absolute Gasteiger partial charge is 0.486 e. The van der Waals surface area contributed by atoms with Gasteiger partial charge < -0.3 is 14.8 Å². The molecule has 1 fully saturated rings. The minimum Gasteiger partial charge on any atom is -0.486 e. The molecule has 7 heteroatoms. The summed E-state index contributed by atoms with van der Waals surface area (Å²) in [5.41, 5.74) is 0.906. The molecule has 0 saturated carbocycles. The molecular formula is C21H24N2O5. The van der Waals surface area contributed by atoms with Crippen molar-refractivity contribution in [3.63, 3.8) is 0 Å². The van der Waals surface area contributed by atoms with E-state index in [9.17, 15) is 14.4 Å². The molecule has 1 aromatic rings. The van der Waals surface area contributed by atoms with Gasteiger partial charge in [0.2, 0.25) is 17.7 Å². The standard InChI is InChI=1S/C21H24N2O5/c1-13(14-6-7-17-18(12-14)28-11-10-27-17)22-19(24)8-9-23-20(25)15-4-2-3-5-16(15)21(23)26/h2-3,6-7,12-13,15-16H,4-5,8-11H2,1H3,(H,22,24)/t13-,15-,16+/m1/s1. The van der Waals surface area contributed by atoms with E-state index in [1.165, 1.54) is 4.90 Å². The second-order valence-electron chi connectivity index (χ2n) is 7.43. The monoisotopic (exact) mass is 384 g/mol. The van der Waals surface area contributed by atoms with Gasteiger partial charge in [0.25, 0.3) is 0 Å². The maximum absolute atomic E-state index is 12.5. The molecule has 0 bridgehead atoms. The number of carbonyl (C=O) groups is 3. The van der Waals surface area contributed by atoms with Gasteiger partial charge in [0.1, 0.15) is 13.2 Å². The maximum atomic E-state index is 12.5. The van der Waals surface area contributed by atoms with Crippen LogP contribution in [-0.4, -0.2) is 42.4 Å². The molecule has 0 radical (unpaired) electrons. The minimum atomic E-state index is -0.253. The fraction of sp³-hybridized carbons (Fsp3) is 0.476. The highest BCUT2D eigenvalue weighted by atomic mass is 16.6. The molecule has 0 aromatic heterocycles. The topological polar surface area (TPSA) is 84.9 Å². The number of imide groups is 1. The molecule has 0 unspecified atom stereocenters. The molecule has 148 valence electrons. The van der Waals surface area contributed by atoms with Gasteiger partial charge in [-0.05, 0) is 37.5 Å². The molecule has 2 heterocycles. The van der Waals surface area contributed by atoms with Crippen LogP contribution in [0.3, 0.4) is 0 Å². The Morgan fingerprint density at radius 2 is 1.75 bits per heavy atom. The zero-order valence-corrected chi connectivity index (χ0v) is 15.8. The number of benzene rings is 1. The highest BCUT2D eigenvalue weighted by molar-refractivity contribution is 6.05. The summed E-state index contributed by atoms with van der Waals surface area (Å²) in [4.78, 5) is 38.5. The van der Waals surface area contributed by atoms with Crippen molar-refractivity contribution in [3.05, 3.63) is 35.9 Å². The first kappa shape index (κ1) is 18.5. The lowest BCUT2D eigenvalue weighted by atomic mass is 9.85. The number of allylic oxidation sites excluding steroid dienone is 2. The van der Waals surface area contributed by atoms with Crippen LogP contribution in [0.2, 0.25) is 0 Å². The molecule has 1 aromatic carbocycles. The SMILES string of the molecule is C[C@@H](NC(=O)CCN1C(=O)[C@H]2CC=CC[C@H]2C1=O)c1ccc2c(c1)OCCO2. The van der Waals surface area contributed by atoms with Crippen molar-refractivity contribution in [2.45, 2.75) is 32.2 Å². The molecule has 28 heavy (non-hydrogen) atoms. The summed E-state index contributed by atoms with van der Waals surface area (Å²) < 4.78 is 11.1. The average Bonchev–Trinajstić information content (AvgIpc) is 2.96. The number of hydrogen-bond acceptors (Lipinski definition) is 5. The van der Waals surface area contributed by atoms with Gasteiger partial charge in [-0.2, -0.15) is 0 Å². The zero-order chi connectivity index (χ0) is 19.7. The van der Waals surface area contributed by atoms with Gasteiger partial charge in [-0.3, -0.25) is 19.3 Å². The number of nitrogens with zero attached hydrogens (tertiary/aromatic N) is 1. The Morgan fingerprint density at radius 1 is 1.11 bits per heavy atom. The van der Waals surface area contributed by atoms with Crippen LogP contribution in [0.1, 0.15) is 37.8 Å². The number of likely N-dealkylation sites (tertiary alicyclic amines) is 1. The maximum Gasteiger partial charge on any atom is 0.233 e. The van der Waals surface area contributed by atoms with Crippen molar-refractivity contribution in [2.24, 2.45) is 11.8 Å². The molecule has 4 rings (SSSR count). The third kappa shape index (κ3) is 3.48. The normalized spacial score (nSPS) is 24.1. The summed E-state index contributed by atoms with van der Waals surface area (Å²) >= 11 is 0. The third-order valence-electron chi connectivity index (χ3n) is 5.61. The smallest absolute Gasteiger partial charge is 0.233 e. The van der Waals surface area contributed by atoms with E-state index in [1.54, 1.807) is 0 Å². The van der Waals surface area contributed by atoms with E-state index in [0.29, 0.717) is 37.6 Å². The molecule has 1 N–H and O–H groups in total. The van der Waals surface area contributed by atoms with Gasteiger partial charge in [0.15, 0.2) is 11.5 Å². The molecular weight excluding hydrogens is 360 g/mol. The van der Waals surface area contributed by atoms with Crippen molar-refractivity contribution in [3.8, 4) is 11.5 Å². The highest BCUT2D eigenvalue weighted by Crippen LogP contribution is 2.35. The molecule has 7 nitrogen and oxygen atoms in total. The van der Waals surface area contributed by atoms with E-state index < -0.39 is 0 Å². The Hall–Kier alpha value is -2.83. The van der Waals surface area contributed by atoms with Crippen LogP contribution in [0, 0.1) is 11.8 Å². The van der Waals surface area contributed by atoms with Crippen LogP contribution in [0.5, 0.6) is 11.5 Å². The number of carbonyl (C=O) groups excluding carboxylic acids is 3. The number of rotatable bonds is 5. The third-order valence-corrected chi connectivity index (χ3v) is 5.61. The van der Waals surface area contributed by atoms with Gasteiger partial charge in [0.05, 0.1) is 17.9 Å².